The number of amides is 5. The van der Waals surface area contributed by atoms with Crippen molar-refractivity contribution in [3.05, 3.63) is 59.7 Å². The van der Waals surface area contributed by atoms with Gasteiger partial charge in [-0.15, -0.1) is 10.2 Å². The number of imide groups is 1. The number of fused-ring (bicyclic) bond motifs is 4. The van der Waals surface area contributed by atoms with Crippen LogP contribution in [0.2, 0.25) is 0 Å². The fourth-order valence-corrected chi connectivity index (χ4v) is 9.16. The van der Waals surface area contributed by atoms with Crippen LogP contribution in [0.5, 0.6) is 5.75 Å². The van der Waals surface area contributed by atoms with Crippen LogP contribution >= 0.6 is 0 Å². The van der Waals surface area contributed by atoms with Crippen LogP contribution < -0.4 is 20.4 Å². The number of piperidine rings is 2. The number of phenols is 1. The van der Waals surface area contributed by atoms with Crippen molar-refractivity contribution >= 4 is 40.9 Å². The minimum Gasteiger partial charge on any atom is -0.507 e. The number of likely N-dealkylation sites (tertiary alicyclic amines) is 1. The first-order valence-corrected chi connectivity index (χ1v) is 19.4. The van der Waals surface area contributed by atoms with Crippen molar-refractivity contribution in [3.8, 4) is 17.0 Å². The lowest BCUT2D eigenvalue weighted by atomic mass is 9.96. The number of para-hydroxylation sites is 1. The number of hydrogen-bond acceptors (Lipinski definition) is 12. The van der Waals surface area contributed by atoms with E-state index in [4.69, 9.17) is 0 Å². The number of aromatic hydroxyl groups is 1. The summed E-state index contributed by atoms with van der Waals surface area (Å²) in [5, 5.41) is 35.8. The summed E-state index contributed by atoms with van der Waals surface area (Å²) in [6.45, 7) is 8.50. The van der Waals surface area contributed by atoms with Crippen LogP contribution in [0.3, 0.4) is 0 Å². The average Bonchev–Trinajstić information content (AvgIpc) is 3.45. The van der Waals surface area contributed by atoms with Crippen LogP contribution in [0.25, 0.3) is 11.3 Å². The Balaban J connectivity index is 0.745. The Morgan fingerprint density at radius 2 is 1.65 bits per heavy atom. The summed E-state index contributed by atoms with van der Waals surface area (Å²) < 4.78 is 0. The molecule has 7 heterocycles. The topological polar surface area (TPSA) is 178 Å². The van der Waals surface area contributed by atoms with Crippen molar-refractivity contribution in [2.75, 3.05) is 87.1 Å². The van der Waals surface area contributed by atoms with Crippen LogP contribution in [0, 0.1) is 5.92 Å². The summed E-state index contributed by atoms with van der Waals surface area (Å²) in [5.41, 5.74) is 3.99. The molecule has 6 aliphatic heterocycles. The second-order valence-corrected chi connectivity index (χ2v) is 15.5. The Hall–Kier alpha value is -5.48. The molecule has 0 radical (unpaired) electrons. The fourth-order valence-electron chi connectivity index (χ4n) is 9.16. The van der Waals surface area contributed by atoms with Gasteiger partial charge in [0.15, 0.2) is 12.0 Å². The number of aromatic nitrogens is 2. The van der Waals surface area contributed by atoms with E-state index < -0.39 is 24.1 Å². The minimum atomic E-state index is -1.22. The number of piperazine rings is 2. The highest BCUT2D eigenvalue weighted by atomic mass is 16.3. The summed E-state index contributed by atoms with van der Waals surface area (Å²) >= 11 is 0. The van der Waals surface area contributed by atoms with Gasteiger partial charge in [0.1, 0.15) is 11.8 Å². The van der Waals surface area contributed by atoms with Crippen LogP contribution in [-0.4, -0.2) is 148 Å². The molecule has 4 saturated heterocycles. The molecule has 9 rings (SSSR count). The monoisotopic (exact) mass is 750 g/mol. The first-order chi connectivity index (χ1) is 26.7. The predicted octanol–water partition coefficient (Wildman–Crippen LogP) is 1.67. The molecule has 3 atom stereocenters. The SMILES string of the molecule is O=C1CCC(N2C(=O)c3cc(N4CCN(CC5CCN(C(=O)N6CCN7c8cc(-c9ccccc9O)nnc8NC[C@H]7C6)CC5)CC4)ccc3C2O)C(=O)N1. The molecule has 6 aliphatic rings. The zero-order chi connectivity index (χ0) is 37.8. The molecule has 1 aromatic heterocycles. The maximum absolute atomic E-state index is 13.7. The van der Waals surface area contributed by atoms with Gasteiger partial charge in [0.05, 0.1) is 17.4 Å². The van der Waals surface area contributed by atoms with E-state index in [1.807, 2.05) is 40.1 Å². The van der Waals surface area contributed by atoms with Gasteiger partial charge in [-0.2, -0.15) is 0 Å². The van der Waals surface area contributed by atoms with E-state index >= 15 is 0 Å². The van der Waals surface area contributed by atoms with E-state index in [0.29, 0.717) is 54.5 Å². The van der Waals surface area contributed by atoms with Crippen LogP contribution in [-0.2, 0) is 9.59 Å². The van der Waals surface area contributed by atoms with Gasteiger partial charge in [0.2, 0.25) is 11.8 Å². The Kier molecular flexibility index (Phi) is 9.16. The third kappa shape index (κ3) is 6.56. The minimum absolute atomic E-state index is 0.110. The maximum atomic E-state index is 13.7. The van der Waals surface area contributed by atoms with Crippen molar-refractivity contribution in [2.24, 2.45) is 5.92 Å². The van der Waals surface area contributed by atoms with Gasteiger partial charge < -0.3 is 35.1 Å². The Morgan fingerprint density at radius 1 is 0.855 bits per heavy atom. The summed E-state index contributed by atoms with van der Waals surface area (Å²) in [7, 11) is 0. The van der Waals surface area contributed by atoms with Gasteiger partial charge in [0.25, 0.3) is 5.91 Å². The molecule has 55 heavy (non-hydrogen) atoms. The molecule has 0 saturated carbocycles. The normalized spacial score (nSPS) is 24.6. The molecule has 2 aromatic carbocycles. The van der Waals surface area contributed by atoms with E-state index in [9.17, 15) is 29.4 Å². The van der Waals surface area contributed by atoms with Crippen molar-refractivity contribution < 1.29 is 29.4 Å². The summed E-state index contributed by atoms with van der Waals surface area (Å²) in [6.07, 6.45) is 1.04. The number of anilines is 3. The number of carbonyl (C=O) groups excluding carboxylic acids is 4. The van der Waals surface area contributed by atoms with Gasteiger partial charge >= 0.3 is 6.03 Å². The Bertz CT molecular complexity index is 2010. The molecule has 16 nitrogen and oxygen atoms in total. The quantitative estimate of drug-likeness (QED) is 0.278. The lowest BCUT2D eigenvalue weighted by molar-refractivity contribution is -0.139. The number of rotatable bonds is 5. The lowest BCUT2D eigenvalue weighted by Crippen LogP contribution is -2.61. The van der Waals surface area contributed by atoms with Gasteiger partial charge in [-0.25, -0.2) is 4.79 Å². The molecule has 4 N–H and O–H groups in total. The second-order valence-electron chi connectivity index (χ2n) is 15.5. The highest BCUT2D eigenvalue weighted by Gasteiger charge is 2.45. The number of hydrogen-bond donors (Lipinski definition) is 4. The van der Waals surface area contributed by atoms with Crippen molar-refractivity contribution in [1.29, 1.82) is 0 Å². The number of carbonyl (C=O) groups is 4. The van der Waals surface area contributed by atoms with Crippen LogP contribution in [0.15, 0.2) is 48.5 Å². The molecule has 0 bridgehead atoms. The standard InChI is InChI=1S/C39H46N10O6/c50-33-4-2-1-3-28(33)30-20-32-35(43-42-30)40-21-26-23-47(17-18-48(26)32)39(55)46-11-9-24(10-12-46)22-44-13-15-45(16-14-44)25-5-6-27-29(19-25)38(54)49(37(27)53)31-7-8-34(51)41-36(31)52/h1-6,19-20,24,26,31,37,50,53H,7-18,21-23H2,(H,40,43)(H,41,51,52)/t26-,31?,37?/m0/s1. The molecule has 288 valence electrons. The maximum Gasteiger partial charge on any atom is 0.320 e. The molecule has 0 spiro atoms. The highest BCUT2D eigenvalue weighted by molar-refractivity contribution is 6.06. The zero-order valence-electron chi connectivity index (χ0n) is 30.6. The smallest absolute Gasteiger partial charge is 0.320 e. The molecular weight excluding hydrogens is 704 g/mol. The molecular formula is C39H46N10O6. The summed E-state index contributed by atoms with van der Waals surface area (Å²) in [4.78, 5) is 63.5. The Morgan fingerprint density at radius 3 is 2.44 bits per heavy atom. The molecule has 4 fully saturated rings. The summed E-state index contributed by atoms with van der Waals surface area (Å²) in [5.74, 6) is 0.0945. The lowest BCUT2D eigenvalue weighted by Gasteiger charge is -2.47. The molecule has 2 unspecified atom stereocenters. The first-order valence-electron chi connectivity index (χ1n) is 19.4. The number of urea groups is 1. The summed E-state index contributed by atoms with van der Waals surface area (Å²) in [6, 6.07) is 14.0. The van der Waals surface area contributed by atoms with Gasteiger partial charge in [-0.1, -0.05) is 18.2 Å². The predicted molar refractivity (Wildman–Crippen MR) is 202 cm³/mol. The van der Waals surface area contributed by atoms with E-state index in [0.717, 1.165) is 75.8 Å². The van der Waals surface area contributed by atoms with Crippen LogP contribution in [0.1, 0.15) is 47.8 Å². The number of nitrogens with zero attached hydrogens (tertiary/aromatic N) is 8. The number of aliphatic hydroxyl groups is 1. The second kappa shape index (κ2) is 14.3. The Labute approximate surface area is 318 Å². The molecule has 3 aromatic rings. The first kappa shape index (κ1) is 35.2. The van der Waals surface area contributed by atoms with E-state index in [1.54, 1.807) is 18.2 Å². The van der Waals surface area contributed by atoms with E-state index in [2.05, 4.69) is 35.5 Å². The van der Waals surface area contributed by atoms with Gasteiger partial charge in [-0.3, -0.25) is 29.5 Å². The zero-order valence-corrected chi connectivity index (χ0v) is 30.6. The average molecular weight is 751 g/mol. The van der Waals surface area contributed by atoms with Crippen molar-refractivity contribution in [3.63, 3.8) is 0 Å². The number of benzene rings is 2. The number of nitrogens with one attached hydrogen (secondary N) is 2. The molecule has 0 aliphatic carbocycles. The highest BCUT2D eigenvalue weighted by Crippen LogP contribution is 2.38. The van der Waals surface area contributed by atoms with E-state index in [-0.39, 0.29) is 36.6 Å². The largest absolute Gasteiger partial charge is 0.507 e. The van der Waals surface area contributed by atoms with Gasteiger partial charge in [0, 0.05) is 101 Å². The number of aliphatic hydroxyl groups excluding tert-OH is 1. The molecule has 5 amide bonds. The fraction of sp³-hybridized carbons (Fsp3) is 0.487. The van der Waals surface area contributed by atoms with Crippen molar-refractivity contribution in [1.82, 2.24) is 35.1 Å². The third-order valence-electron chi connectivity index (χ3n) is 12.2. The molecule has 16 heteroatoms. The van der Waals surface area contributed by atoms with Crippen LogP contribution in [0.4, 0.5) is 22.0 Å². The number of phenolic OH excluding ortho intramolecular Hbond substituents is 1. The van der Waals surface area contributed by atoms with Crippen molar-refractivity contribution in [2.45, 2.75) is 44.0 Å². The third-order valence-corrected chi connectivity index (χ3v) is 12.2. The van der Waals surface area contributed by atoms with E-state index in [1.165, 1.54) is 4.90 Å². The van der Waals surface area contributed by atoms with Gasteiger partial charge in [-0.05, 0) is 55.5 Å².